The number of hydrogen-bond donors (Lipinski definition) is 1. The lowest BCUT2D eigenvalue weighted by atomic mass is 10.0. The molecule has 0 saturated carbocycles. The summed E-state index contributed by atoms with van der Waals surface area (Å²) in [7, 11) is 0. The Morgan fingerprint density at radius 2 is 1.63 bits per heavy atom. The maximum absolute atomic E-state index is 12.3. The van der Waals surface area contributed by atoms with Gasteiger partial charge >= 0.3 is 0 Å². The number of amides is 3. The number of aryl methyl sites for hydroxylation is 2. The number of nitrogens with zero attached hydrogens (tertiary/aromatic N) is 1. The number of rotatable bonds is 6. The Hall–Kier alpha value is -2.95. The van der Waals surface area contributed by atoms with Crippen LogP contribution in [0.2, 0.25) is 0 Å². The predicted molar refractivity (Wildman–Crippen MR) is 104 cm³/mol. The minimum Gasteiger partial charge on any atom is -0.350 e. The molecule has 2 aromatic rings. The standard InChI is InChI=1S/C22H24N2O3/c1-14-10-11-17(13-15(14)2)16(3)23-20(25)9-6-12-24-21(26)18-7-4-5-8-19(18)22(24)27/h4-5,7-8,10-11,13,16H,6,9,12H2,1-3H3,(H,23,25). The molecule has 0 aliphatic carbocycles. The second-order valence-corrected chi connectivity index (χ2v) is 7.04. The molecule has 0 radical (unpaired) electrons. The zero-order valence-electron chi connectivity index (χ0n) is 15.9. The molecular formula is C22H24N2O3. The van der Waals surface area contributed by atoms with Gasteiger partial charge in [0, 0.05) is 13.0 Å². The summed E-state index contributed by atoms with van der Waals surface area (Å²) < 4.78 is 0. The van der Waals surface area contributed by atoms with Crippen molar-refractivity contribution < 1.29 is 14.4 Å². The molecule has 3 rings (SSSR count). The Kier molecular flexibility index (Phi) is 5.40. The van der Waals surface area contributed by atoms with Crippen LogP contribution in [0.1, 0.15) is 63.2 Å². The van der Waals surface area contributed by atoms with Crippen LogP contribution < -0.4 is 5.32 Å². The van der Waals surface area contributed by atoms with Crippen LogP contribution in [-0.4, -0.2) is 29.2 Å². The van der Waals surface area contributed by atoms with Crippen molar-refractivity contribution in [3.63, 3.8) is 0 Å². The van der Waals surface area contributed by atoms with Crippen LogP contribution in [0, 0.1) is 13.8 Å². The van der Waals surface area contributed by atoms with Gasteiger partial charge in [0.25, 0.3) is 11.8 Å². The van der Waals surface area contributed by atoms with E-state index in [9.17, 15) is 14.4 Å². The molecule has 0 aromatic heterocycles. The summed E-state index contributed by atoms with van der Waals surface area (Å²) in [6, 6.07) is 12.9. The number of benzene rings is 2. The Morgan fingerprint density at radius 1 is 1.00 bits per heavy atom. The number of carbonyl (C=O) groups is 3. The zero-order chi connectivity index (χ0) is 19.6. The van der Waals surface area contributed by atoms with E-state index in [-0.39, 0.29) is 36.7 Å². The highest BCUT2D eigenvalue weighted by atomic mass is 16.2. The van der Waals surface area contributed by atoms with Crippen molar-refractivity contribution >= 4 is 17.7 Å². The lowest BCUT2D eigenvalue weighted by Crippen LogP contribution is -2.32. The Bertz CT molecular complexity index is 869. The Morgan fingerprint density at radius 3 is 2.22 bits per heavy atom. The van der Waals surface area contributed by atoms with E-state index in [1.165, 1.54) is 16.0 Å². The molecule has 1 atom stereocenters. The molecule has 0 saturated heterocycles. The van der Waals surface area contributed by atoms with Crippen LogP contribution in [-0.2, 0) is 4.79 Å². The van der Waals surface area contributed by atoms with E-state index >= 15 is 0 Å². The average molecular weight is 364 g/mol. The number of imide groups is 1. The summed E-state index contributed by atoms with van der Waals surface area (Å²) in [5.74, 6) is -0.642. The first-order valence-electron chi connectivity index (χ1n) is 9.20. The first kappa shape index (κ1) is 18.8. The van der Waals surface area contributed by atoms with Gasteiger partial charge in [-0.15, -0.1) is 0 Å². The molecule has 1 N–H and O–H groups in total. The van der Waals surface area contributed by atoms with Gasteiger partial charge in [0.2, 0.25) is 5.91 Å². The molecule has 5 nitrogen and oxygen atoms in total. The topological polar surface area (TPSA) is 66.5 Å². The number of hydrogen-bond acceptors (Lipinski definition) is 3. The molecule has 2 aromatic carbocycles. The third-order valence-electron chi connectivity index (χ3n) is 5.07. The molecule has 0 fully saturated rings. The van der Waals surface area contributed by atoms with Crippen molar-refractivity contribution in [1.82, 2.24) is 10.2 Å². The molecule has 5 heteroatoms. The Labute approximate surface area is 159 Å². The smallest absolute Gasteiger partial charge is 0.261 e. The molecule has 1 unspecified atom stereocenters. The van der Waals surface area contributed by atoms with Crippen molar-refractivity contribution in [1.29, 1.82) is 0 Å². The summed E-state index contributed by atoms with van der Waals surface area (Å²) in [6.07, 6.45) is 0.708. The third kappa shape index (κ3) is 3.92. The maximum atomic E-state index is 12.3. The molecule has 140 valence electrons. The molecule has 1 heterocycles. The number of fused-ring (bicyclic) bond motifs is 1. The van der Waals surface area contributed by atoms with Crippen molar-refractivity contribution in [2.75, 3.05) is 6.54 Å². The fourth-order valence-electron chi connectivity index (χ4n) is 3.27. The molecular weight excluding hydrogens is 340 g/mol. The van der Waals surface area contributed by atoms with Crippen LogP contribution in [0.15, 0.2) is 42.5 Å². The fourth-order valence-corrected chi connectivity index (χ4v) is 3.27. The molecule has 0 bridgehead atoms. The van der Waals surface area contributed by atoms with Gasteiger partial charge in [-0.05, 0) is 56.0 Å². The van der Waals surface area contributed by atoms with Crippen molar-refractivity contribution in [3.8, 4) is 0 Å². The van der Waals surface area contributed by atoms with Gasteiger partial charge in [0.05, 0.1) is 17.2 Å². The van der Waals surface area contributed by atoms with E-state index in [1.807, 2.05) is 13.0 Å². The van der Waals surface area contributed by atoms with Crippen LogP contribution in [0.4, 0.5) is 0 Å². The minimum atomic E-state index is -0.278. The highest BCUT2D eigenvalue weighted by Gasteiger charge is 2.34. The summed E-state index contributed by atoms with van der Waals surface area (Å²) >= 11 is 0. The van der Waals surface area contributed by atoms with E-state index < -0.39 is 0 Å². The highest BCUT2D eigenvalue weighted by Crippen LogP contribution is 2.22. The molecule has 3 amide bonds. The molecule has 1 aliphatic heterocycles. The van der Waals surface area contributed by atoms with Gasteiger partial charge in [-0.2, -0.15) is 0 Å². The van der Waals surface area contributed by atoms with Gasteiger partial charge < -0.3 is 5.32 Å². The van der Waals surface area contributed by atoms with E-state index in [2.05, 4.69) is 31.3 Å². The summed E-state index contributed by atoms with van der Waals surface area (Å²) in [5.41, 5.74) is 4.36. The largest absolute Gasteiger partial charge is 0.350 e. The first-order chi connectivity index (χ1) is 12.9. The quantitative estimate of drug-likeness (QED) is 0.797. The molecule has 27 heavy (non-hydrogen) atoms. The van der Waals surface area contributed by atoms with E-state index in [4.69, 9.17) is 0 Å². The SMILES string of the molecule is Cc1ccc(C(C)NC(=O)CCCN2C(=O)c3ccccc3C2=O)cc1C. The van der Waals surface area contributed by atoms with Crippen LogP contribution in [0.5, 0.6) is 0 Å². The second-order valence-electron chi connectivity index (χ2n) is 7.04. The first-order valence-corrected chi connectivity index (χ1v) is 9.20. The van der Waals surface area contributed by atoms with Gasteiger partial charge in [-0.25, -0.2) is 0 Å². The van der Waals surface area contributed by atoms with Crippen molar-refractivity contribution in [2.45, 2.75) is 39.7 Å². The monoisotopic (exact) mass is 364 g/mol. The van der Waals surface area contributed by atoms with Crippen molar-refractivity contribution in [2.24, 2.45) is 0 Å². The zero-order valence-corrected chi connectivity index (χ0v) is 15.9. The highest BCUT2D eigenvalue weighted by molar-refractivity contribution is 6.21. The summed E-state index contributed by atoms with van der Waals surface area (Å²) in [6.45, 7) is 6.31. The average Bonchev–Trinajstić information content (AvgIpc) is 2.89. The van der Waals surface area contributed by atoms with E-state index in [0.717, 1.165) is 5.56 Å². The van der Waals surface area contributed by atoms with Crippen LogP contribution >= 0.6 is 0 Å². The van der Waals surface area contributed by atoms with E-state index in [1.54, 1.807) is 24.3 Å². The van der Waals surface area contributed by atoms with Crippen molar-refractivity contribution in [3.05, 3.63) is 70.3 Å². The van der Waals surface area contributed by atoms with Gasteiger partial charge in [-0.1, -0.05) is 30.3 Å². The molecule has 0 spiro atoms. The lowest BCUT2D eigenvalue weighted by Gasteiger charge is -2.17. The minimum absolute atomic E-state index is 0.0858. The lowest BCUT2D eigenvalue weighted by molar-refractivity contribution is -0.121. The predicted octanol–water partition coefficient (Wildman–Crippen LogP) is 3.56. The number of carbonyl (C=O) groups excluding carboxylic acids is 3. The van der Waals surface area contributed by atoms with E-state index in [0.29, 0.717) is 17.5 Å². The van der Waals surface area contributed by atoms with Gasteiger partial charge in [0.1, 0.15) is 0 Å². The fraction of sp³-hybridized carbons (Fsp3) is 0.318. The third-order valence-corrected chi connectivity index (χ3v) is 5.07. The summed E-state index contributed by atoms with van der Waals surface area (Å²) in [4.78, 5) is 38.1. The molecule has 1 aliphatic rings. The number of nitrogens with one attached hydrogen (secondary N) is 1. The van der Waals surface area contributed by atoms with Crippen LogP contribution in [0.3, 0.4) is 0 Å². The summed E-state index contributed by atoms with van der Waals surface area (Å²) in [5, 5.41) is 2.98. The van der Waals surface area contributed by atoms with Gasteiger partial charge in [0.15, 0.2) is 0 Å². The second kappa shape index (κ2) is 7.74. The van der Waals surface area contributed by atoms with Crippen LogP contribution in [0.25, 0.3) is 0 Å². The Balaban J connectivity index is 1.51. The normalized spacial score (nSPS) is 14.3. The van der Waals surface area contributed by atoms with Gasteiger partial charge in [-0.3, -0.25) is 19.3 Å². The maximum Gasteiger partial charge on any atom is 0.261 e.